The average Bonchev–Trinajstić information content (AvgIpc) is 2.60. The van der Waals surface area contributed by atoms with Crippen LogP contribution in [-0.4, -0.2) is 21.9 Å². The Bertz CT molecular complexity index is 330. The van der Waals surface area contributed by atoms with Gasteiger partial charge in [-0.05, 0) is 18.6 Å². The van der Waals surface area contributed by atoms with Crippen molar-refractivity contribution in [1.29, 1.82) is 0 Å². The predicted octanol–water partition coefficient (Wildman–Crippen LogP) is 1.41. The van der Waals surface area contributed by atoms with Crippen molar-refractivity contribution < 1.29 is 14.7 Å². The standard InChI is InChI=1S/C10H13NO3/c1-8(10(13)14)4-6-11-5-2-3-9(11)7-12/h2-3,5,7-8H,4,6H2,1H3,(H,13,14). The lowest BCUT2D eigenvalue weighted by atomic mass is 10.1. The number of nitrogens with zero attached hydrogens (tertiary/aromatic N) is 1. The highest BCUT2D eigenvalue weighted by Crippen LogP contribution is 2.07. The first-order valence-corrected chi connectivity index (χ1v) is 4.48. The SMILES string of the molecule is CC(CCn1cccc1C=O)C(=O)O. The highest BCUT2D eigenvalue weighted by molar-refractivity contribution is 5.72. The summed E-state index contributed by atoms with van der Waals surface area (Å²) in [5.41, 5.74) is 0.586. The minimum atomic E-state index is -0.801. The molecule has 1 unspecified atom stereocenters. The summed E-state index contributed by atoms with van der Waals surface area (Å²) in [5.74, 6) is -1.18. The molecule has 0 spiro atoms. The smallest absolute Gasteiger partial charge is 0.306 e. The van der Waals surface area contributed by atoms with Gasteiger partial charge < -0.3 is 9.67 Å². The molecule has 0 aliphatic heterocycles. The molecule has 0 saturated heterocycles. The lowest BCUT2D eigenvalue weighted by Gasteiger charge is -2.08. The van der Waals surface area contributed by atoms with Crippen LogP contribution in [0.1, 0.15) is 23.8 Å². The van der Waals surface area contributed by atoms with Gasteiger partial charge in [0.15, 0.2) is 6.29 Å². The number of aromatic nitrogens is 1. The van der Waals surface area contributed by atoms with Crippen molar-refractivity contribution >= 4 is 12.3 Å². The predicted molar refractivity (Wildman–Crippen MR) is 51.2 cm³/mol. The number of carboxylic acid groups (broad SMARTS) is 1. The largest absolute Gasteiger partial charge is 0.481 e. The second-order valence-electron chi connectivity index (χ2n) is 3.27. The lowest BCUT2D eigenvalue weighted by Crippen LogP contribution is -2.13. The zero-order valence-electron chi connectivity index (χ0n) is 8.01. The molecule has 0 fully saturated rings. The van der Waals surface area contributed by atoms with Crippen LogP contribution in [0.5, 0.6) is 0 Å². The van der Waals surface area contributed by atoms with Gasteiger partial charge in [0, 0.05) is 12.7 Å². The Kier molecular flexibility index (Phi) is 3.45. The number of aryl methyl sites for hydroxylation is 1. The monoisotopic (exact) mass is 195 g/mol. The molecule has 76 valence electrons. The Morgan fingerprint density at radius 2 is 2.43 bits per heavy atom. The molecule has 1 N–H and O–H groups in total. The zero-order valence-corrected chi connectivity index (χ0v) is 8.01. The molecule has 0 aliphatic rings. The van der Waals surface area contributed by atoms with E-state index >= 15 is 0 Å². The van der Waals surface area contributed by atoms with E-state index < -0.39 is 5.97 Å². The van der Waals surface area contributed by atoms with Crippen molar-refractivity contribution in [3.8, 4) is 0 Å². The van der Waals surface area contributed by atoms with Gasteiger partial charge in [0.25, 0.3) is 0 Å². The van der Waals surface area contributed by atoms with E-state index in [2.05, 4.69) is 0 Å². The zero-order chi connectivity index (χ0) is 10.6. The van der Waals surface area contributed by atoms with Gasteiger partial charge in [-0.25, -0.2) is 0 Å². The first kappa shape index (κ1) is 10.5. The highest BCUT2D eigenvalue weighted by Gasteiger charge is 2.10. The number of rotatable bonds is 5. The van der Waals surface area contributed by atoms with Gasteiger partial charge in [0.2, 0.25) is 0 Å². The van der Waals surface area contributed by atoms with Gasteiger partial charge in [0.1, 0.15) is 0 Å². The van der Waals surface area contributed by atoms with Crippen molar-refractivity contribution in [2.45, 2.75) is 19.9 Å². The second kappa shape index (κ2) is 4.60. The van der Waals surface area contributed by atoms with E-state index in [1.165, 1.54) is 0 Å². The quantitative estimate of drug-likeness (QED) is 0.722. The summed E-state index contributed by atoms with van der Waals surface area (Å²) in [6.45, 7) is 2.22. The Balaban J connectivity index is 2.53. The molecule has 0 radical (unpaired) electrons. The minimum Gasteiger partial charge on any atom is -0.481 e. The van der Waals surface area contributed by atoms with E-state index in [-0.39, 0.29) is 5.92 Å². The fourth-order valence-corrected chi connectivity index (χ4v) is 1.19. The maximum atomic E-state index is 10.5. The van der Waals surface area contributed by atoms with Crippen LogP contribution >= 0.6 is 0 Å². The van der Waals surface area contributed by atoms with E-state index in [0.29, 0.717) is 18.7 Å². The molecule has 0 aliphatic carbocycles. The first-order chi connectivity index (χ1) is 6.65. The summed E-state index contributed by atoms with van der Waals surface area (Å²) in [4.78, 5) is 21.1. The summed E-state index contributed by atoms with van der Waals surface area (Å²) >= 11 is 0. The van der Waals surface area contributed by atoms with Gasteiger partial charge in [-0.1, -0.05) is 6.92 Å². The van der Waals surface area contributed by atoms with Crippen LogP contribution in [0, 0.1) is 5.92 Å². The Morgan fingerprint density at radius 1 is 1.71 bits per heavy atom. The molecule has 1 rings (SSSR count). The van der Waals surface area contributed by atoms with Gasteiger partial charge in [-0.15, -0.1) is 0 Å². The normalized spacial score (nSPS) is 12.4. The minimum absolute atomic E-state index is 0.378. The topological polar surface area (TPSA) is 59.3 Å². The number of carbonyl (C=O) groups is 2. The fourth-order valence-electron chi connectivity index (χ4n) is 1.19. The van der Waals surface area contributed by atoms with E-state index in [1.807, 2.05) is 0 Å². The van der Waals surface area contributed by atoms with Crippen LogP contribution < -0.4 is 0 Å². The van der Waals surface area contributed by atoms with Crippen molar-refractivity contribution in [3.63, 3.8) is 0 Å². The number of carbonyl (C=O) groups excluding carboxylic acids is 1. The molecule has 1 aromatic rings. The summed E-state index contributed by atoms with van der Waals surface area (Å²) in [5, 5.41) is 8.66. The molecule has 4 heteroatoms. The van der Waals surface area contributed by atoms with Crippen molar-refractivity contribution in [2.24, 2.45) is 5.92 Å². The van der Waals surface area contributed by atoms with E-state index in [1.54, 1.807) is 29.8 Å². The molecule has 4 nitrogen and oxygen atoms in total. The number of aldehydes is 1. The van der Waals surface area contributed by atoms with Crippen LogP contribution in [-0.2, 0) is 11.3 Å². The average molecular weight is 195 g/mol. The molecule has 0 aromatic carbocycles. The van der Waals surface area contributed by atoms with Crippen molar-refractivity contribution in [3.05, 3.63) is 24.0 Å². The molecule has 0 saturated carbocycles. The van der Waals surface area contributed by atoms with Crippen LogP contribution in [0.2, 0.25) is 0 Å². The Labute approximate surface area is 82.2 Å². The number of hydrogen-bond donors (Lipinski definition) is 1. The molecular formula is C10H13NO3. The van der Waals surface area contributed by atoms with E-state index in [4.69, 9.17) is 5.11 Å². The molecule has 1 atom stereocenters. The lowest BCUT2D eigenvalue weighted by molar-refractivity contribution is -0.141. The summed E-state index contributed by atoms with van der Waals surface area (Å²) in [7, 11) is 0. The number of carboxylic acids is 1. The third-order valence-electron chi connectivity index (χ3n) is 2.21. The van der Waals surface area contributed by atoms with Gasteiger partial charge in [-0.3, -0.25) is 9.59 Å². The molecule has 1 heterocycles. The summed E-state index contributed by atoms with van der Waals surface area (Å²) in [6.07, 6.45) is 3.08. The molecule has 0 amide bonds. The third-order valence-corrected chi connectivity index (χ3v) is 2.21. The molecular weight excluding hydrogens is 182 g/mol. The summed E-state index contributed by atoms with van der Waals surface area (Å²) < 4.78 is 1.76. The highest BCUT2D eigenvalue weighted by atomic mass is 16.4. The van der Waals surface area contributed by atoms with Crippen LogP contribution in [0.4, 0.5) is 0 Å². The van der Waals surface area contributed by atoms with Gasteiger partial charge >= 0.3 is 5.97 Å². The fraction of sp³-hybridized carbons (Fsp3) is 0.400. The Hall–Kier alpha value is -1.58. The van der Waals surface area contributed by atoms with Crippen LogP contribution in [0.25, 0.3) is 0 Å². The molecule has 14 heavy (non-hydrogen) atoms. The van der Waals surface area contributed by atoms with E-state index in [9.17, 15) is 9.59 Å². The van der Waals surface area contributed by atoms with Crippen molar-refractivity contribution in [1.82, 2.24) is 4.57 Å². The van der Waals surface area contributed by atoms with E-state index in [0.717, 1.165) is 6.29 Å². The summed E-state index contributed by atoms with van der Waals surface area (Å²) in [6, 6.07) is 3.48. The molecule has 0 bridgehead atoms. The van der Waals surface area contributed by atoms with Gasteiger partial charge in [0.05, 0.1) is 11.6 Å². The molecule has 1 aromatic heterocycles. The maximum Gasteiger partial charge on any atom is 0.306 e. The van der Waals surface area contributed by atoms with Gasteiger partial charge in [-0.2, -0.15) is 0 Å². The van der Waals surface area contributed by atoms with Crippen LogP contribution in [0.15, 0.2) is 18.3 Å². The maximum absolute atomic E-state index is 10.5. The number of aliphatic carboxylic acids is 1. The van der Waals surface area contributed by atoms with Crippen molar-refractivity contribution in [2.75, 3.05) is 0 Å². The number of hydrogen-bond acceptors (Lipinski definition) is 2. The third kappa shape index (κ3) is 2.45. The Morgan fingerprint density at radius 3 is 3.00 bits per heavy atom. The first-order valence-electron chi connectivity index (χ1n) is 4.48. The van der Waals surface area contributed by atoms with Crippen LogP contribution in [0.3, 0.4) is 0 Å². The second-order valence-corrected chi connectivity index (χ2v) is 3.27.